The van der Waals surface area contributed by atoms with Crippen LogP contribution >= 0.6 is 0 Å². The molecule has 0 unspecified atom stereocenters. The SMILES string of the molecule is COc1cc(C(=O)O)cc(-c2cc(C(=O)O)ccc2OC)c1. The van der Waals surface area contributed by atoms with Gasteiger partial charge in [0, 0.05) is 5.56 Å². The summed E-state index contributed by atoms with van der Waals surface area (Å²) in [7, 11) is 2.88. The highest BCUT2D eigenvalue weighted by Gasteiger charge is 2.14. The lowest BCUT2D eigenvalue weighted by atomic mass is 9.99. The molecule has 0 saturated heterocycles. The summed E-state index contributed by atoms with van der Waals surface area (Å²) in [5.41, 5.74) is 1.09. The lowest BCUT2D eigenvalue weighted by Crippen LogP contribution is -2.00. The summed E-state index contributed by atoms with van der Waals surface area (Å²) < 4.78 is 10.3. The minimum absolute atomic E-state index is 0.0390. The van der Waals surface area contributed by atoms with Crippen molar-refractivity contribution in [2.75, 3.05) is 14.2 Å². The number of carboxylic acid groups (broad SMARTS) is 2. The van der Waals surface area contributed by atoms with E-state index in [-0.39, 0.29) is 11.1 Å². The van der Waals surface area contributed by atoms with E-state index in [0.29, 0.717) is 22.6 Å². The fraction of sp³-hybridized carbons (Fsp3) is 0.125. The number of benzene rings is 2. The van der Waals surface area contributed by atoms with Crippen molar-refractivity contribution >= 4 is 11.9 Å². The van der Waals surface area contributed by atoms with Gasteiger partial charge in [0.05, 0.1) is 25.3 Å². The molecule has 2 aromatic rings. The minimum atomic E-state index is -1.10. The van der Waals surface area contributed by atoms with Crippen LogP contribution in [-0.4, -0.2) is 36.4 Å². The summed E-state index contributed by atoms with van der Waals surface area (Å²) in [6.07, 6.45) is 0. The van der Waals surface area contributed by atoms with E-state index in [1.54, 1.807) is 6.07 Å². The fourth-order valence-electron chi connectivity index (χ4n) is 2.06. The predicted molar refractivity (Wildman–Crippen MR) is 78.9 cm³/mol. The first-order valence-electron chi connectivity index (χ1n) is 6.30. The highest BCUT2D eigenvalue weighted by Crippen LogP contribution is 2.34. The summed E-state index contributed by atoms with van der Waals surface area (Å²) in [5, 5.41) is 18.3. The van der Waals surface area contributed by atoms with Crippen molar-refractivity contribution in [2.45, 2.75) is 0 Å². The Labute approximate surface area is 126 Å². The molecule has 2 rings (SSSR count). The molecular weight excluding hydrogens is 288 g/mol. The van der Waals surface area contributed by atoms with Gasteiger partial charge in [-0.15, -0.1) is 0 Å². The second kappa shape index (κ2) is 6.17. The van der Waals surface area contributed by atoms with Gasteiger partial charge in [0.25, 0.3) is 0 Å². The van der Waals surface area contributed by atoms with Gasteiger partial charge in [-0.1, -0.05) is 0 Å². The van der Waals surface area contributed by atoms with Crippen molar-refractivity contribution < 1.29 is 29.3 Å². The largest absolute Gasteiger partial charge is 0.497 e. The zero-order valence-corrected chi connectivity index (χ0v) is 12.0. The van der Waals surface area contributed by atoms with Gasteiger partial charge < -0.3 is 19.7 Å². The number of aromatic carboxylic acids is 2. The van der Waals surface area contributed by atoms with E-state index in [9.17, 15) is 9.59 Å². The van der Waals surface area contributed by atoms with Crippen LogP contribution in [0.1, 0.15) is 20.7 Å². The van der Waals surface area contributed by atoms with Crippen LogP contribution in [0.4, 0.5) is 0 Å². The third-order valence-electron chi connectivity index (χ3n) is 3.15. The smallest absolute Gasteiger partial charge is 0.335 e. The van der Waals surface area contributed by atoms with Gasteiger partial charge in [-0.3, -0.25) is 0 Å². The van der Waals surface area contributed by atoms with Gasteiger partial charge in [0.2, 0.25) is 0 Å². The van der Waals surface area contributed by atoms with Gasteiger partial charge in [-0.2, -0.15) is 0 Å². The van der Waals surface area contributed by atoms with E-state index in [1.807, 2.05) is 0 Å². The average molecular weight is 302 g/mol. The van der Waals surface area contributed by atoms with Gasteiger partial charge >= 0.3 is 11.9 Å². The third kappa shape index (κ3) is 3.01. The highest BCUT2D eigenvalue weighted by molar-refractivity contribution is 5.93. The normalized spacial score (nSPS) is 10.1. The molecular formula is C16H14O6. The van der Waals surface area contributed by atoms with Crippen LogP contribution < -0.4 is 9.47 Å². The topological polar surface area (TPSA) is 93.1 Å². The maximum Gasteiger partial charge on any atom is 0.335 e. The molecule has 2 N–H and O–H groups in total. The molecule has 6 nitrogen and oxygen atoms in total. The van der Waals surface area contributed by atoms with Crippen molar-refractivity contribution in [1.82, 2.24) is 0 Å². The van der Waals surface area contributed by atoms with Crippen LogP contribution in [0.25, 0.3) is 11.1 Å². The molecule has 0 radical (unpaired) electrons. The summed E-state index contributed by atoms with van der Waals surface area (Å²) in [5.74, 6) is -1.38. The van der Waals surface area contributed by atoms with Gasteiger partial charge in [-0.05, 0) is 42.0 Å². The van der Waals surface area contributed by atoms with Crippen molar-refractivity contribution in [3.05, 3.63) is 47.5 Å². The Morgan fingerprint density at radius 3 is 2.09 bits per heavy atom. The van der Waals surface area contributed by atoms with E-state index in [4.69, 9.17) is 19.7 Å². The number of rotatable bonds is 5. The molecule has 0 amide bonds. The zero-order valence-electron chi connectivity index (χ0n) is 12.0. The summed E-state index contributed by atoms with van der Waals surface area (Å²) in [4.78, 5) is 22.3. The molecule has 0 heterocycles. The van der Waals surface area contributed by atoms with Crippen molar-refractivity contribution in [3.8, 4) is 22.6 Å². The van der Waals surface area contributed by atoms with Crippen molar-refractivity contribution in [1.29, 1.82) is 0 Å². The first-order chi connectivity index (χ1) is 10.5. The Balaban J connectivity index is 2.68. The molecule has 6 heteroatoms. The second-order valence-electron chi connectivity index (χ2n) is 4.48. The standard InChI is InChI=1S/C16H14O6/c1-21-12-6-10(5-11(7-12)16(19)20)13-8-9(15(17)18)3-4-14(13)22-2/h3-8H,1-2H3,(H,17,18)(H,19,20). The number of methoxy groups -OCH3 is 2. The molecule has 114 valence electrons. The molecule has 0 bridgehead atoms. The van der Waals surface area contributed by atoms with Crippen LogP contribution in [0.3, 0.4) is 0 Å². The quantitative estimate of drug-likeness (QED) is 0.882. The molecule has 0 aromatic heterocycles. The Morgan fingerprint density at radius 1 is 0.864 bits per heavy atom. The van der Waals surface area contributed by atoms with Crippen LogP contribution in [0.15, 0.2) is 36.4 Å². The van der Waals surface area contributed by atoms with E-state index >= 15 is 0 Å². The first-order valence-corrected chi connectivity index (χ1v) is 6.30. The van der Waals surface area contributed by atoms with Gasteiger partial charge in [0.15, 0.2) is 0 Å². The van der Waals surface area contributed by atoms with Gasteiger partial charge in [0.1, 0.15) is 11.5 Å². The Bertz CT molecular complexity index is 735. The molecule has 0 saturated carbocycles. The predicted octanol–water partition coefficient (Wildman–Crippen LogP) is 2.77. The van der Waals surface area contributed by atoms with E-state index in [1.165, 1.54) is 44.6 Å². The lowest BCUT2D eigenvalue weighted by Gasteiger charge is -2.12. The summed E-state index contributed by atoms with van der Waals surface area (Å²) >= 11 is 0. The van der Waals surface area contributed by atoms with E-state index in [0.717, 1.165) is 0 Å². The Hall–Kier alpha value is -3.02. The van der Waals surface area contributed by atoms with Crippen LogP contribution in [0.5, 0.6) is 11.5 Å². The zero-order chi connectivity index (χ0) is 16.3. The monoisotopic (exact) mass is 302 g/mol. The third-order valence-corrected chi connectivity index (χ3v) is 3.15. The molecule has 0 spiro atoms. The average Bonchev–Trinajstić information content (AvgIpc) is 2.53. The van der Waals surface area contributed by atoms with Crippen LogP contribution in [0, 0.1) is 0 Å². The molecule has 0 aliphatic heterocycles. The lowest BCUT2D eigenvalue weighted by molar-refractivity contribution is 0.0685. The number of hydrogen-bond acceptors (Lipinski definition) is 4. The summed E-state index contributed by atoms with van der Waals surface area (Å²) in [6.45, 7) is 0. The van der Waals surface area contributed by atoms with Crippen molar-refractivity contribution in [2.24, 2.45) is 0 Å². The molecule has 0 aliphatic carbocycles. The molecule has 0 fully saturated rings. The van der Waals surface area contributed by atoms with E-state index in [2.05, 4.69) is 0 Å². The highest BCUT2D eigenvalue weighted by atomic mass is 16.5. The number of carboxylic acids is 2. The first kappa shape index (κ1) is 15.4. The number of ether oxygens (including phenoxy) is 2. The number of carbonyl (C=O) groups is 2. The van der Waals surface area contributed by atoms with E-state index < -0.39 is 11.9 Å². The maximum absolute atomic E-state index is 11.2. The fourth-order valence-corrected chi connectivity index (χ4v) is 2.06. The molecule has 2 aromatic carbocycles. The summed E-state index contributed by atoms with van der Waals surface area (Å²) in [6, 6.07) is 8.83. The number of hydrogen-bond donors (Lipinski definition) is 2. The molecule has 0 atom stereocenters. The Morgan fingerprint density at radius 2 is 1.55 bits per heavy atom. The minimum Gasteiger partial charge on any atom is -0.497 e. The molecule has 22 heavy (non-hydrogen) atoms. The van der Waals surface area contributed by atoms with Crippen molar-refractivity contribution in [3.63, 3.8) is 0 Å². The van der Waals surface area contributed by atoms with Crippen LogP contribution in [0.2, 0.25) is 0 Å². The Kier molecular flexibility index (Phi) is 4.31. The maximum atomic E-state index is 11.2. The van der Waals surface area contributed by atoms with Gasteiger partial charge in [-0.25, -0.2) is 9.59 Å². The molecule has 0 aliphatic rings. The second-order valence-corrected chi connectivity index (χ2v) is 4.48. The van der Waals surface area contributed by atoms with Crippen LogP contribution in [-0.2, 0) is 0 Å².